The molecule has 4 aromatic heterocycles. The van der Waals surface area contributed by atoms with E-state index in [0.29, 0.717) is 65.3 Å². The molecule has 9 aromatic rings. The Hall–Kier alpha value is -9.50. The number of hydrogen-bond acceptors (Lipinski definition) is 9. The topological polar surface area (TPSA) is 169 Å². The van der Waals surface area contributed by atoms with Crippen molar-refractivity contribution < 1.29 is 37.4 Å². The molecule has 3 amide bonds. The summed E-state index contributed by atoms with van der Waals surface area (Å²) in [5.41, 5.74) is 7.36. The zero-order chi connectivity index (χ0) is 51.2. The summed E-state index contributed by atoms with van der Waals surface area (Å²) in [7, 11) is 0. The van der Waals surface area contributed by atoms with Gasteiger partial charge in [0.15, 0.2) is 0 Å². The van der Waals surface area contributed by atoms with E-state index in [1.807, 2.05) is 116 Å². The quantitative estimate of drug-likeness (QED) is 0.0688. The number of carbonyl (C=O) groups is 3. The van der Waals surface area contributed by atoms with E-state index in [-0.39, 0.29) is 29.7 Å². The Morgan fingerprint density at radius 2 is 1.03 bits per heavy atom. The molecule has 368 valence electrons. The number of benzene rings is 5. The molecular weight excluding hydrogens is 929 g/mol. The summed E-state index contributed by atoms with van der Waals surface area (Å²) in [5.74, 6) is -0.0807. The normalized spacial score (nSPS) is 10.7. The second-order valence-electron chi connectivity index (χ2n) is 16.2. The van der Waals surface area contributed by atoms with Gasteiger partial charge < -0.3 is 35.1 Å². The molecule has 0 fully saturated rings. The SMILES string of the molecule is C/C=C(\C)C(=O)Nc1cccc(OCc2cccnc2)c1.O=C(Cc1cc(F)cc(F)c1)Nc1cccc(OCc2cccnc2)c1.O=C(Nc1cccc(OCc2cccnc2)c1)c1cccc2[nH]ccc12. The van der Waals surface area contributed by atoms with Crippen LogP contribution in [0.2, 0.25) is 0 Å². The first-order valence-electron chi connectivity index (χ1n) is 23.0. The molecule has 0 spiro atoms. The average molecular weight is 980 g/mol. The molecule has 0 radical (unpaired) electrons. The number of aromatic amines is 1. The zero-order valence-corrected chi connectivity index (χ0v) is 39.9. The summed E-state index contributed by atoms with van der Waals surface area (Å²) in [4.78, 5) is 51.8. The van der Waals surface area contributed by atoms with E-state index in [0.717, 1.165) is 45.8 Å². The van der Waals surface area contributed by atoms with Gasteiger partial charge in [0.1, 0.15) is 48.7 Å². The summed E-state index contributed by atoms with van der Waals surface area (Å²) in [6.07, 6.45) is 13.9. The maximum Gasteiger partial charge on any atom is 0.256 e. The van der Waals surface area contributed by atoms with E-state index in [9.17, 15) is 23.2 Å². The van der Waals surface area contributed by atoms with Crippen LogP contribution in [0.1, 0.15) is 46.5 Å². The van der Waals surface area contributed by atoms with Gasteiger partial charge in [-0.2, -0.15) is 0 Å². The van der Waals surface area contributed by atoms with Gasteiger partial charge in [0.25, 0.3) is 11.8 Å². The second kappa shape index (κ2) is 26.5. The predicted octanol–water partition coefficient (Wildman–Crippen LogP) is 12.1. The Kier molecular flexibility index (Phi) is 18.6. The number of H-pyrrole nitrogens is 1. The van der Waals surface area contributed by atoms with Gasteiger partial charge in [-0.1, -0.05) is 48.5 Å². The van der Waals surface area contributed by atoms with Crippen LogP contribution in [0, 0.1) is 11.6 Å². The number of rotatable bonds is 16. The number of anilines is 3. The Morgan fingerprint density at radius 1 is 0.548 bits per heavy atom. The standard InChI is InChI=1S/C21H17N3O2.C20H16F2N2O2.C17H18N2O2/c25-21(19-7-2-8-20-18(19)9-11-23-20)24-16-5-1-6-17(12-16)26-14-15-4-3-10-22-13-15;21-16-7-15(8-17(22)10-16)9-20(25)24-18-4-1-5-19(11-18)26-13-14-3-2-6-23-12-14;1-3-13(2)17(20)19-15-7-4-8-16(10-15)21-12-14-6-5-9-18-11-14/h1-13,23H,14H2,(H,24,25);1-8,10-12H,9,13H2,(H,24,25);3-11H,12H2,1-2H3,(H,19,20)/b;;13-3+. The first kappa shape index (κ1) is 51.4. The van der Waals surface area contributed by atoms with Crippen LogP contribution in [-0.2, 0) is 35.8 Å². The van der Waals surface area contributed by atoms with E-state index < -0.39 is 11.6 Å². The maximum atomic E-state index is 13.2. The molecule has 0 saturated heterocycles. The monoisotopic (exact) mass is 979 g/mol. The molecule has 0 aliphatic carbocycles. The van der Waals surface area contributed by atoms with E-state index in [2.05, 4.69) is 35.9 Å². The highest BCUT2D eigenvalue weighted by molar-refractivity contribution is 6.12. The van der Waals surface area contributed by atoms with Crippen LogP contribution in [0.15, 0.2) is 207 Å². The number of amides is 3. The van der Waals surface area contributed by atoms with E-state index in [1.165, 1.54) is 0 Å². The number of hydrogen-bond donors (Lipinski definition) is 4. The molecule has 4 heterocycles. The predicted molar refractivity (Wildman–Crippen MR) is 278 cm³/mol. The van der Waals surface area contributed by atoms with Gasteiger partial charge in [-0.15, -0.1) is 0 Å². The van der Waals surface area contributed by atoms with Crippen LogP contribution >= 0.6 is 0 Å². The lowest BCUT2D eigenvalue weighted by Gasteiger charge is -2.10. The molecule has 0 bridgehead atoms. The van der Waals surface area contributed by atoms with Crippen LogP contribution in [0.5, 0.6) is 17.2 Å². The summed E-state index contributed by atoms with van der Waals surface area (Å²) < 4.78 is 43.5. The highest BCUT2D eigenvalue weighted by atomic mass is 19.1. The van der Waals surface area contributed by atoms with Gasteiger partial charge in [-0.3, -0.25) is 29.3 Å². The minimum atomic E-state index is -0.710. The molecule has 15 heteroatoms. The van der Waals surface area contributed by atoms with Gasteiger partial charge in [0.2, 0.25) is 5.91 Å². The van der Waals surface area contributed by atoms with Gasteiger partial charge in [-0.25, -0.2) is 8.78 Å². The summed E-state index contributed by atoms with van der Waals surface area (Å²) in [6.45, 7) is 4.83. The fraction of sp³-hybridized carbons (Fsp3) is 0.103. The number of fused-ring (bicyclic) bond motifs is 1. The molecule has 73 heavy (non-hydrogen) atoms. The smallest absolute Gasteiger partial charge is 0.256 e. The molecule has 0 aliphatic rings. The molecule has 0 atom stereocenters. The fourth-order valence-corrected chi connectivity index (χ4v) is 6.89. The number of nitrogens with zero attached hydrogens (tertiary/aromatic N) is 3. The van der Waals surface area contributed by atoms with Gasteiger partial charge in [0, 0.05) is 123 Å². The number of pyridine rings is 3. The van der Waals surface area contributed by atoms with Crippen molar-refractivity contribution in [2.45, 2.75) is 40.1 Å². The van der Waals surface area contributed by atoms with Crippen LogP contribution in [-0.4, -0.2) is 37.7 Å². The number of carbonyl (C=O) groups excluding carboxylic acids is 3. The maximum absolute atomic E-state index is 13.2. The first-order valence-corrected chi connectivity index (χ1v) is 23.0. The number of aromatic nitrogens is 4. The molecule has 13 nitrogen and oxygen atoms in total. The molecule has 4 N–H and O–H groups in total. The van der Waals surface area contributed by atoms with Gasteiger partial charge in [0.05, 0.1) is 6.42 Å². The van der Waals surface area contributed by atoms with Crippen molar-refractivity contribution >= 4 is 45.7 Å². The summed E-state index contributed by atoms with van der Waals surface area (Å²) in [6, 6.07) is 43.5. The van der Waals surface area contributed by atoms with E-state index in [4.69, 9.17) is 14.2 Å². The van der Waals surface area contributed by atoms with Crippen LogP contribution < -0.4 is 30.2 Å². The van der Waals surface area contributed by atoms with Crippen molar-refractivity contribution in [3.8, 4) is 17.2 Å². The molecule has 0 unspecified atom stereocenters. The first-order chi connectivity index (χ1) is 35.6. The lowest BCUT2D eigenvalue weighted by atomic mass is 10.1. The average Bonchev–Trinajstić information content (AvgIpc) is 3.90. The molecule has 5 aromatic carbocycles. The number of allylic oxidation sites excluding steroid dienone is 1. The van der Waals surface area contributed by atoms with Crippen LogP contribution in [0.4, 0.5) is 25.8 Å². The Bertz CT molecular complexity index is 3250. The van der Waals surface area contributed by atoms with Crippen molar-refractivity contribution in [1.82, 2.24) is 19.9 Å². The van der Waals surface area contributed by atoms with E-state index in [1.54, 1.807) is 80.5 Å². The molecular formula is C58H51F2N7O6. The Labute approximate surface area is 421 Å². The Balaban J connectivity index is 0.000000162. The third-order valence-electron chi connectivity index (χ3n) is 10.6. The minimum Gasteiger partial charge on any atom is -0.489 e. The summed E-state index contributed by atoms with van der Waals surface area (Å²) >= 11 is 0. The molecule has 9 rings (SSSR count). The van der Waals surface area contributed by atoms with Crippen LogP contribution in [0.3, 0.4) is 0 Å². The highest BCUT2D eigenvalue weighted by Crippen LogP contribution is 2.24. The lowest BCUT2D eigenvalue weighted by molar-refractivity contribution is -0.115. The minimum absolute atomic E-state index is 0.109. The van der Waals surface area contributed by atoms with Crippen LogP contribution in [0.25, 0.3) is 10.9 Å². The van der Waals surface area contributed by atoms with E-state index >= 15 is 0 Å². The summed E-state index contributed by atoms with van der Waals surface area (Å²) in [5, 5.41) is 9.35. The van der Waals surface area contributed by atoms with Crippen molar-refractivity contribution in [2.75, 3.05) is 16.0 Å². The third kappa shape index (κ3) is 16.6. The van der Waals surface area contributed by atoms with Crippen molar-refractivity contribution in [2.24, 2.45) is 0 Å². The number of nitrogens with one attached hydrogen (secondary N) is 4. The number of ether oxygens (including phenoxy) is 3. The van der Waals surface area contributed by atoms with Gasteiger partial charge in [-0.05, 0) is 104 Å². The third-order valence-corrected chi connectivity index (χ3v) is 10.6. The molecule has 0 saturated carbocycles. The molecule has 0 aliphatic heterocycles. The second-order valence-corrected chi connectivity index (χ2v) is 16.2. The van der Waals surface area contributed by atoms with Crippen molar-refractivity contribution in [3.05, 3.63) is 246 Å². The highest BCUT2D eigenvalue weighted by Gasteiger charge is 2.12. The largest absolute Gasteiger partial charge is 0.489 e. The van der Waals surface area contributed by atoms with Crippen molar-refractivity contribution in [1.29, 1.82) is 0 Å². The van der Waals surface area contributed by atoms with Crippen molar-refractivity contribution in [3.63, 3.8) is 0 Å². The fourth-order valence-electron chi connectivity index (χ4n) is 6.89. The van der Waals surface area contributed by atoms with Gasteiger partial charge >= 0.3 is 0 Å². The zero-order valence-electron chi connectivity index (χ0n) is 39.9. The lowest BCUT2D eigenvalue weighted by Crippen LogP contribution is -2.14. The Morgan fingerprint density at radius 3 is 1.51 bits per heavy atom. The number of halogens is 2.